The number of esters is 7. The Balaban J connectivity index is 3.05. The first-order valence-electron chi connectivity index (χ1n) is 19.2. The number of benzene rings is 1. The van der Waals surface area contributed by atoms with Gasteiger partial charge in [0.25, 0.3) is 0 Å². The Morgan fingerprint density at radius 3 is 0.879 bits per heavy atom. The zero-order chi connectivity index (χ0) is 49.9. The molecular weight excluding hydrogens is 888 g/mol. The third-order valence-corrected chi connectivity index (χ3v) is 8.64. The molecule has 0 saturated heterocycles. The highest BCUT2D eigenvalue weighted by molar-refractivity contribution is 5.96. The van der Waals surface area contributed by atoms with Crippen LogP contribution in [-0.4, -0.2) is 163 Å². The molecule has 0 heterocycles. The van der Waals surface area contributed by atoms with Crippen molar-refractivity contribution in [3.8, 4) is 0 Å². The predicted octanol–water partition coefficient (Wildman–Crippen LogP) is -3.74. The molecule has 27 heteroatoms. The maximum absolute atomic E-state index is 13.1. The molecule has 1 rings (SSSR count). The number of carbonyl (C=O) groups is 13. The van der Waals surface area contributed by atoms with Crippen LogP contribution in [0.1, 0.15) is 44.1 Å². The Kier molecular flexibility index (Phi) is 25.1. The van der Waals surface area contributed by atoms with Gasteiger partial charge in [0.2, 0.25) is 29.5 Å². The molecule has 1 aromatic rings. The van der Waals surface area contributed by atoms with Crippen LogP contribution in [0, 0.1) is 0 Å². The standard InChI is InChI=1S/C39H52N6O21/c1-59-32(51)18-26(38(57)65-7)44-30(49)16-24(36(55)63-5)42-28(47)14-22(34(53)61-3)40-27(46)13-21(33(52)60-2)41-29(48)15-23(35(54)62-4)43-31(50)17-25(37(56)64-6)45-39(58)66-19-20-11-9-8-10-12-20/h8-12,21-26H,13-19H2,1-7H3,(H,40,46)(H,41,48)(H,42,47)(H,43,50)(H,44,49)(H,45,58)/t21-,22-,23-,24-,25-,26-/m0/s1. The molecule has 364 valence electrons. The number of alkyl carbamates (subject to hydrolysis) is 1. The molecule has 0 bridgehead atoms. The molecule has 0 aliphatic carbocycles. The average Bonchev–Trinajstić information content (AvgIpc) is 3.30. The summed E-state index contributed by atoms with van der Waals surface area (Å²) in [5.74, 6) is -13.3. The molecule has 0 aliphatic rings. The molecular formula is C39H52N6O21. The van der Waals surface area contributed by atoms with Crippen molar-refractivity contribution in [1.82, 2.24) is 31.9 Å². The van der Waals surface area contributed by atoms with Gasteiger partial charge >= 0.3 is 47.9 Å². The molecule has 0 fully saturated rings. The minimum Gasteiger partial charge on any atom is -0.469 e. The van der Waals surface area contributed by atoms with Gasteiger partial charge in [0, 0.05) is 0 Å². The number of carbonyl (C=O) groups excluding carboxylic acids is 13. The lowest BCUT2D eigenvalue weighted by molar-refractivity contribution is -0.151. The van der Waals surface area contributed by atoms with Gasteiger partial charge in [-0.15, -0.1) is 0 Å². The minimum atomic E-state index is -1.83. The lowest BCUT2D eigenvalue weighted by atomic mass is 10.1. The van der Waals surface area contributed by atoms with Gasteiger partial charge in [-0.1, -0.05) is 30.3 Å². The molecule has 1 aromatic carbocycles. The molecule has 0 radical (unpaired) electrons. The van der Waals surface area contributed by atoms with E-state index in [4.69, 9.17) is 4.74 Å². The third kappa shape index (κ3) is 20.5. The van der Waals surface area contributed by atoms with Crippen LogP contribution >= 0.6 is 0 Å². The highest BCUT2D eigenvalue weighted by atomic mass is 16.6. The van der Waals surface area contributed by atoms with E-state index in [1.807, 2.05) is 0 Å². The number of amides is 6. The van der Waals surface area contributed by atoms with Crippen molar-refractivity contribution >= 4 is 77.4 Å². The lowest BCUT2D eigenvalue weighted by Gasteiger charge is -2.22. The van der Waals surface area contributed by atoms with Gasteiger partial charge in [0.15, 0.2) is 0 Å². The van der Waals surface area contributed by atoms with Crippen molar-refractivity contribution in [3.05, 3.63) is 35.9 Å². The normalized spacial score (nSPS) is 13.0. The molecule has 27 nitrogen and oxygen atoms in total. The fraction of sp³-hybridized carbons (Fsp3) is 0.513. The van der Waals surface area contributed by atoms with Crippen LogP contribution in [-0.2, 0) is 102 Å². The summed E-state index contributed by atoms with van der Waals surface area (Å²) in [6, 6.07) is -1.85. The van der Waals surface area contributed by atoms with Crippen LogP contribution in [0.5, 0.6) is 0 Å². The van der Waals surface area contributed by atoms with Crippen molar-refractivity contribution in [2.75, 3.05) is 49.8 Å². The van der Waals surface area contributed by atoms with Crippen LogP contribution in [0.2, 0.25) is 0 Å². The van der Waals surface area contributed by atoms with Crippen molar-refractivity contribution in [1.29, 1.82) is 0 Å². The summed E-state index contributed by atoms with van der Waals surface area (Å²) in [6.07, 6.45) is -6.26. The van der Waals surface area contributed by atoms with E-state index in [9.17, 15) is 62.3 Å². The van der Waals surface area contributed by atoms with E-state index in [-0.39, 0.29) is 6.61 Å². The van der Waals surface area contributed by atoms with Gasteiger partial charge in [0.05, 0.1) is 88.3 Å². The van der Waals surface area contributed by atoms with E-state index in [2.05, 4.69) is 65.1 Å². The van der Waals surface area contributed by atoms with Gasteiger partial charge in [-0.3, -0.25) is 28.8 Å². The van der Waals surface area contributed by atoms with E-state index in [1.165, 1.54) is 0 Å². The van der Waals surface area contributed by atoms with Crippen LogP contribution in [0.3, 0.4) is 0 Å². The van der Waals surface area contributed by atoms with Gasteiger partial charge in [-0.25, -0.2) is 33.6 Å². The Morgan fingerprint density at radius 1 is 0.364 bits per heavy atom. The fourth-order valence-electron chi connectivity index (χ4n) is 5.36. The SMILES string of the molecule is COC(=O)C[C@H](NC(=O)C[C@H](NC(=O)C[C@H](NC(=O)C[C@H](NC(=O)C[C@H](NC(=O)C[C@H](NC(=O)OCc1ccccc1)C(=O)OC)C(=O)OC)C(=O)OC)C(=O)OC)C(=O)OC)C(=O)OC. The Bertz CT molecular complexity index is 1930. The van der Waals surface area contributed by atoms with E-state index in [0.717, 1.165) is 49.8 Å². The van der Waals surface area contributed by atoms with Crippen molar-refractivity contribution in [3.63, 3.8) is 0 Å². The average molecular weight is 941 g/mol. The number of ether oxygens (including phenoxy) is 8. The van der Waals surface area contributed by atoms with Crippen molar-refractivity contribution in [2.24, 2.45) is 0 Å². The number of nitrogens with one attached hydrogen (secondary N) is 6. The minimum absolute atomic E-state index is 0.183. The number of hydrogen-bond donors (Lipinski definition) is 6. The molecule has 6 atom stereocenters. The van der Waals surface area contributed by atoms with Gasteiger partial charge in [0.1, 0.15) is 42.9 Å². The Labute approximate surface area is 376 Å². The first-order valence-corrected chi connectivity index (χ1v) is 19.2. The van der Waals surface area contributed by atoms with E-state index >= 15 is 0 Å². The van der Waals surface area contributed by atoms with E-state index < -0.39 is 152 Å². The van der Waals surface area contributed by atoms with Crippen molar-refractivity contribution < 1.29 is 100 Å². The summed E-state index contributed by atoms with van der Waals surface area (Å²) in [6.45, 7) is -0.183. The molecule has 0 aromatic heterocycles. The fourth-order valence-corrected chi connectivity index (χ4v) is 5.36. The van der Waals surface area contributed by atoms with Crippen LogP contribution < -0.4 is 31.9 Å². The first-order chi connectivity index (χ1) is 31.2. The zero-order valence-corrected chi connectivity index (χ0v) is 36.9. The highest BCUT2D eigenvalue weighted by Crippen LogP contribution is 2.08. The topological polar surface area (TPSA) is 368 Å². The van der Waals surface area contributed by atoms with Gasteiger partial charge in [-0.2, -0.15) is 0 Å². The number of hydrogen-bond acceptors (Lipinski definition) is 21. The third-order valence-electron chi connectivity index (χ3n) is 8.64. The maximum Gasteiger partial charge on any atom is 0.408 e. The lowest BCUT2D eigenvalue weighted by Crippen LogP contribution is -2.52. The summed E-state index contributed by atoms with van der Waals surface area (Å²) in [5, 5.41) is 12.9. The molecule has 0 aliphatic heterocycles. The summed E-state index contributed by atoms with van der Waals surface area (Å²) < 4.78 is 37.3. The van der Waals surface area contributed by atoms with E-state index in [1.54, 1.807) is 30.3 Å². The van der Waals surface area contributed by atoms with Crippen LogP contribution in [0.25, 0.3) is 0 Å². The Morgan fingerprint density at radius 2 is 0.621 bits per heavy atom. The van der Waals surface area contributed by atoms with Gasteiger partial charge in [-0.05, 0) is 5.56 Å². The van der Waals surface area contributed by atoms with Gasteiger partial charge < -0.3 is 69.8 Å². The molecule has 0 unspecified atom stereocenters. The second-order valence-corrected chi connectivity index (χ2v) is 13.3. The Hall–Kier alpha value is -7.87. The second kappa shape index (κ2) is 29.5. The number of rotatable bonds is 26. The summed E-state index contributed by atoms with van der Waals surface area (Å²) in [5.41, 5.74) is 0.615. The van der Waals surface area contributed by atoms with E-state index in [0.29, 0.717) is 5.56 Å². The second-order valence-electron chi connectivity index (χ2n) is 13.3. The molecule has 66 heavy (non-hydrogen) atoms. The maximum atomic E-state index is 13.1. The summed E-state index contributed by atoms with van der Waals surface area (Å²) in [7, 11) is 6.63. The summed E-state index contributed by atoms with van der Waals surface area (Å²) in [4.78, 5) is 164. The smallest absolute Gasteiger partial charge is 0.408 e. The van der Waals surface area contributed by atoms with Crippen molar-refractivity contribution in [2.45, 2.75) is 81.4 Å². The quantitative estimate of drug-likeness (QED) is 0.0384. The molecule has 0 spiro atoms. The largest absolute Gasteiger partial charge is 0.469 e. The monoisotopic (exact) mass is 940 g/mol. The highest BCUT2D eigenvalue weighted by Gasteiger charge is 2.35. The first kappa shape index (κ1) is 56.1. The molecule has 0 saturated carbocycles. The predicted molar refractivity (Wildman–Crippen MR) is 215 cm³/mol. The van der Waals surface area contributed by atoms with Crippen LogP contribution in [0.4, 0.5) is 4.79 Å². The molecule has 6 amide bonds. The molecule has 6 N–H and O–H groups in total. The van der Waals surface area contributed by atoms with Crippen LogP contribution in [0.15, 0.2) is 30.3 Å². The number of methoxy groups -OCH3 is 7. The summed E-state index contributed by atoms with van der Waals surface area (Å²) >= 11 is 0. The zero-order valence-electron chi connectivity index (χ0n) is 36.9.